The van der Waals surface area contributed by atoms with Crippen LogP contribution in [0.1, 0.15) is 29.2 Å². The van der Waals surface area contributed by atoms with Crippen molar-refractivity contribution in [3.8, 4) is 0 Å². The Morgan fingerprint density at radius 2 is 1.17 bits per heavy atom. The molecule has 0 aliphatic rings. The molecule has 0 aliphatic heterocycles. The first kappa shape index (κ1) is 38.2. The first-order valence-electron chi connectivity index (χ1n) is 1.12. The first-order valence-corrected chi connectivity index (χ1v) is 1.12. The van der Waals surface area contributed by atoms with Gasteiger partial charge in [0.2, 0.25) is 0 Å². The van der Waals surface area contributed by atoms with Gasteiger partial charge in [-0.2, -0.15) is 0 Å². The second kappa shape index (κ2) is 84.4. The first-order chi connectivity index (χ1) is 1.41. The van der Waals surface area contributed by atoms with Gasteiger partial charge in [-0.05, 0) is 6.54 Å². The Hall–Kier alpha value is -0.0400. The molecule has 0 aromatic heterocycles. The number of nitrogens with two attached hydrogens (primary N) is 1. The molecule has 6 heavy (non-hydrogen) atoms. The molecular weight excluding hydrogens is 74.1 g/mol. The molecule has 1 nitrogen and oxygen atoms in total. The van der Waals surface area contributed by atoms with E-state index in [4.69, 9.17) is 5.73 Å². The third-order valence-corrected chi connectivity index (χ3v) is 0. The van der Waals surface area contributed by atoms with Crippen LogP contribution < -0.4 is 5.73 Å². The van der Waals surface area contributed by atoms with Crippen molar-refractivity contribution in [1.82, 2.24) is 0 Å². The van der Waals surface area contributed by atoms with E-state index in [2.05, 4.69) is 0 Å². The average Bonchev–Trinajstić information content (AvgIpc) is 0.918. The summed E-state index contributed by atoms with van der Waals surface area (Å²) in [7, 11) is 0. The van der Waals surface area contributed by atoms with Gasteiger partial charge in [-0.3, -0.25) is 0 Å². The smallest absolute Gasteiger partial charge is 0.0106 e. The fraction of sp³-hybridized carbons (Fsp3) is 1.00. The summed E-state index contributed by atoms with van der Waals surface area (Å²) in [5.74, 6) is 0. The van der Waals surface area contributed by atoms with Crippen molar-refractivity contribution in [3.05, 3.63) is 0 Å². The molecule has 0 rings (SSSR count). The molecule has 0 spiro atoms. The van der Waals surface area contributed by atoms with Crippen molar-refractivity contribution < 1.29 is 0 Å². The normalized spacial score (nSPS) is 3.00. The van der Waals surface area contributed by atoms with Crippen molar-refractivity contribution in [2.45, 2.75) is 29.2 Å². The van der Waals surface area contributed by atoms with Crippen LogP contribution in [0.25, 0.3) is 0 Å². The van der Waals surface area contributed by atoms with Gasteiger partial charge in [-0.1, -0.05) is 29.2 Å². The van der Waals surface area contributed by atoms with Gasteiger partial charge in [-0.15, -0.1) is 0 Å². The van der Waals surface area contributed by atoms with Crippen LogP contribution in [0.2, 0.25) is 0 Å². The molecule has 0 amide bonds. The summed E-state index contributed by atoms with van der Waals surface area (Å²) in [6.45, 7) is 2.65. The predicted octanol–water partition coefficient (Wildman–Crippen LogP) is 1.87. The Bertz CT molecular complexity index is 3.90. The average molecular weight is 93.2 g/mol. The molecule has 0 aliphatic carbocycles. The van der Waals surface area contributed by atoms with E-state index in [0.29, 0.717) is 0 Å². The molecule has 0 heterocycles. The van der Waals surface area contributed by atoms with Crippen LogP contribution in [0, 0.1) is 0 Å². The minimum atomic E-state index is 0. The second-order valence-corrected chi connectivity index (χ2v) is 0.408. The van der Waals surface area contributed by atoms with Gasteiger partial charge < -0.3 is 5.73 Å². The Kier molecular flexibility index (Phi) is 537. The zero-order chi connectivity index (χ0) is 2.71. The molecule has 0 saturated carbocycles. The fourth-order valence-corrected chi connectivity index (χ4v) is 0. The van der Waals surface area contributed by atoms with Gasteiger partial charge in [0.1, 0.15) is 0 Å². The van der Waals surface area contributed by atoms with Crippen molar-refractivity contribution in [3.63, 3.8) is 0 Å². The zero-order valence-electron chi connectivity index (χ0n) is 2.28. The summed E-state index contributed by atoms with van der Waals surface area (Å²) in [6.07, 6.45) is 0. The van der Waals surface area contributed by atoms with E-state index in [0.717, 1.165) is 6.54 Å². The Balaban J connectivity index is -0.00000000667. The summed E-state index contributed by atoms with van der Waals surface area (Å²) < 4.78 is 0. The van der Waals surface area contributed by atoms with E-state index < -0.39 is 0 Å². The van der Waals surface area contributed by atoms with Gasteiger partial charge in [0.25, 0.3) is 0 Å². The minimum Gasteiger partial charge on any atom is -0.331 e. The van der Waals surface area contributed by atoms with Crippen LogP contribution in [0.5, 0.6) is 0 Å². The molecule has 0 fully saturated rings. The summed E-state index contributed by atoms with van der Waals surface area (Å²) >= 11 is 0. The predicted molar refractivity (Wildman–Crippen MR) is 34.9 cm³/mol. The van der Waals surface area contributed by atoms with Crippen LogP contribution in [0.3, 0.4) is 0 Å². The molecular formula is C5H19N. The molecule has 0 aromatic carbocycles. The van der Waals surface area contributed by atoms with Crippen molar-refractivity contribution in [2.24, 2.45) is 5.73 Å². The van der Waals surface area contributed by atoms with Gasteiger partial charge >= 0.3 is 0 Å². The molecule has 0 bridgehead atoms. The van der Waals surface area contributed by atoms with Gasteiger partial charge in [0.05, 0.1) is 0 Å². The van der Waals surface area contributed by atoms with Gasteiger partial charge in [0.15, 0.2) is 0 Å². The molecule has 0 saturated heterocycles. The van der Waals surface area contributed by atoms with E-state index in [9.17, 15) is 0 Å². The van der Waals surface area contributed by atoms with Gasteiger partial charge in [-0.25, -0.2) is 0 Å². The van der Waals surface area contributed by atoms with Crippen LogP contribution >= 0.6 is 0 Å². The molecule has 0 unspecified atom stereocenters. The summed E-state index contributed by atoms with van der Waals surface area (Å²) in [5, 5.41) is 0. The Morgan fingerprint density at radius 3 is 1.17 bits per heavy atom. The van der Waals surface area contributed by atoms with Crippen molar-refractivity contribution >= 4 is 0 Å². The quantitative estimate of drug-likeness (QED) is 0.486. The lowest BCUT2D eigenvalue weighted by Gasteiger charge is -1.53. The maximum Gasteiger partial charge on any atom is -0.0106 e. The molecule has 0 radical (unpaired) electrons. The van der Waals surface area contributed by atoms with Crippen LogP contribution in [-0.4, -0.2) is 6.54 Å². The Morgan fingerprint density at radius 1 is 1.17 bits per heavy atom. The van der Waals surface area contributed by atoms with Crippen molar-refractivity contribution in [2.75, 3.05) is 6.54 Å². The summed E-state index contributed by atoms with van der Waals surface area (Å²) in [4.78, 5) is 0. The number of hydrogen-bond acceptors (Lipinski definition) is 1. The third kappa shape index (κ3) is 21700. The summed E-state index contributed by atoms with van der Waals surface area (Å²) in [6, 6.07) is 0. The molecule has 44 valence electrons. The largest absolute Gasteiger partial charge is 0.331 e. The van der Waals surface area contributed by atoms with E-state index >= 15 is 0 Å². The monoisotopic (exact) mass is 93.2 g/mol. The van der Waals surface area contributed by atoms with Gasteiger partial charge in [0, 0.05) is 0 Å². The topological polar surface area (TPSA) is 26.0 Å². The third-order valence-electron chi connectivity index (χ3n) is 0. The van der Waals surface area contributed by atoms with E-state index in [1.165, 1.54) is 0 Å². The summed E-state index contributed by atoms with van der Waals surface area (Å²) in [5.41, 5.74) is 4.85. The molecule has 2 N–H and O–H groups in total. The van der Waals surface area contributed by atoms with E-state index in [-0.39, 0.29) is 22.3 Å². The zero-order valence-corrected chi connectivity index (χ0v) is 2.28. The fourth-order valence-electron chi connectivity index (χ4n) is 0. The maximum absolute atomic E-state index is 4.85. The standard InChI is InChI=1S/C2H7N.3CH4/c1-2-3;;;/h2-3H2,1H3;3*1H4. The molecule has 0 aromatic rings. The van der Waals surface area contributed by atoms with E-state index in [1.54, 1.807) is 0 Å². The highest BCUT2D eigenvalue weighted by Crippen LogP contribution is 1.20. The number of hydrogen-bond donors (Lipinski definition) is 1. The highest BCUT2D eigenvalue weighted by molar-refractivity contribution is 4.00. The minimum absolute atomic E-state index is 0. The lowest BCUT2D eigenvalue weighted by molar-refractivity contribution is 1.14. The highest BCUT2D eigenvalue weighted by atomic mass is 14.5. The van der Waals surface area contributed by atoms with Crippen LogP contribution in [0.4, 0.5) is 0 Å². The van der Waals surface area contributed by atoms with Crippen molar-refractivity contribution in [1.29, 1.82) is 0 Å². The lowest BCUT2D eigenvalue weighted by Crippen LogP contribution is -1.87. The van der Waals surface area contributed by atoms with Crippen LogP contribution in [0.15, 0.2) is 0 Å². The van der Waals surface area contributed by atoms with E-state index in [1.807, 2.05) is 6.92 Å². The lowest BCUT2D eigenvalue weighted by atomic mass is 10.8. The molecule has 1 heteroatoms. The number of rotatable bonds is 0. The van der Waals surface area contributed by atoms with Crippen LogP contribution in [-0.2, 0) is 0 Å². The maximum atomic E-state index is 4.85. The molecule has 0 atom stereocenters. The second-order valence-electron chi connectivity index (χ2n) is 0.408. The SMILES string of the molecule is C.C.C.CCN. The highest BCUT2D eigenvalue weighted by Gasteiger charge is 1.32. The Labute approximate surface area is 42.6 Å².